The van der Waals surface area contributed by atoms with E-state index in [1.807, 2.05) is 0 Å². The number of thioether (sulfide) groups is 1. The van der Waals surface area contributed by atoms with Crippen molar-refractivity contribution in [2.24, 2.45) is 0 Å². The van der Waals surface area contributed by atoms with Gasteiger partial charge in [-0.25, -0.2) is 0 Å². The van der Waals surface area contributed by atoms with E-state index in [0.29, 0.717) is 11.1 Å². The molecule has 82 valence electrons. The molecule has 0 aromatic heterocycles. The molecule has 1 saturated heterocycles. The summed E-state index contributed by atoms with van der Waals surface area (Å²) in [6.07, 6.45) is 0.927. The fourth-order valence-electron chi connectivity index (χ4n) is 2.27. The first-order valence-corrected chi connectivity index (χ1v) is 6.49. The first-order chi connectivity index (χ1) is 7.79. The van der Waals surface area contributed by atoms with Gasteiger partial charge in [-0.15, -0.1) is 0 Å². The molecule has 0 radical (unpaired) electrons. The number of hydrogen-bond donors (Lipinski definition) is 0. The minimum atomic E-state index is -0.117. The summed E-state index contributed by atoms with van der Waals surface area (Å²) in [6, 6.07) is 7.17. The minimum absolute atomic E-state index is 0.0948. The number of imide groups is 1. The molecular weight excluding hydrogens is 222 g/mol. The van der Waals surface area contributed by atoms with Gasteiger partial charge in [0.25, 0.3) is 11.8 Å². The second-order valence-corrected chi connectivity index (χ2v) is 5.19. The van der Waals surface area contributed by atoms with Gasteiger partial charge in [0, 0.05) is 5.75 Å². The van der Waals surface area contributed by atoms with Crippen LogP contribution in [-0.4, -0.2) is 34.3 Å². The summed E-state index contributed by atoms with van der Waals surface area (Å²) < 4.78 is 0. The van der Waals surface area contributed by atoms with E-state index in [2.05, 4.69) is 0 Å². The molecule has 0 saturated carbocycles. The zero-order valence-corrected chi connectivity index (χ0v) is 9.50. The second-order valence-electron chi connectivity index (χ2n) is 4.04. The van der Waals surface area contributed by atoms with Gasteiger partial charge in [0.2, 0.25) is 0 Å². The van der Waals surface area contributed by atoms with E-state index in [0.717, 1.165) is 17.9 Å². The molecule has 2 aliphatic rings. The Morgan fingerprint density at radius 1 is 1.12 bits per heavy atom. The molecule has 1 unspecified atom stereocenters. The lowest BCUT2D eigenvalue weighted by molar-refractivity contribution is 0.0601. The fourth-order valence-corrected chi connectivity index (χ4v) is 3.46. The van der Waals surface area contributed by atoms with E-state index in [1.54, 1.807) is 36.0 Å². The van der Waals surface area contributed by atoms with Gasteiger partial charge >= 0.3 is 0 Å². The summed E-state index contributed by atoms with van der Waals surface area (Å²) in [7, 11) is 0. The number of nitrogens with zero attached hydrogens (tertiary/aromatic N) is 1. The quantitative estimate of drug-likeness (QED) is 0.694. The van der Waals surface area contributed by atoms with E-state index in [-0.39, 0.29) is 17.9 Å². The summed E-state index contributed by atoms with van der Waals surface area (Å²) in [6.45, 7) is 0. The molecule has 0 N–H and O–H groups in total. The summed E-state index contributed by atoms with van der Waals surface area (Å²) in [5.41, 5.74) is 1.12. The second kappa shape index (κ2) is 3.63. The Balaban J connectivity index is 2.00. The number of carbonyl (C=O) groups is 2. The highest BCUT2D eigenvalue weighted by Gasteiger charge is 2.40. The van der Waals surface area contributed by atoms with Crippen LogP contribution in [0.2, 0.25) is 0 Å². The summed E-state index contributed by atoms with van der Waals surface area (Å²) in [5.74, 6) is 1.69. The third-order valence-corrected chi connectivity index (χ3v) is 4.24. The number of amides is 2. The van der Waals surface area contributed by atoms with Crippen molar-refractivity contribution in [2.45, 2.75) is 12.5 Å². The van der Waals surface area contributed by atoms with Crippen LogP contribution in [0.15, 0.2) is 24.3 Å². The van der Waals surface area contributed by atoms with Crippen LogP contribution in [0.1, 0.15) is 27.1 Å². The Bertz CT molecular complexity index is 431. The monoisotopic (exact) mass is 233 g/mol. The van der Waals surface area contributed by atoms with Crippen molar-refractivity contribution in [3.05, 3.63) is 35.4 Å². The molecule has 2 aliphatic heterocycles. The van der Waals surface area contributed by atoms with Gasteiger partial charge in [0.1, 0.15) is 0 Å². The standard InChI is InChI=1S/C12H11NO2S/c14-11-9-3-1-2-4-10(9)12(15)13(11)8-5-6-16-7-8/h1-4,8H,5-7H2. The van der Waals surface area contributed by atoms with Crippen molar-refractivity contribution in [3.63, 3.8) is 0 Å². The molecule has 0 bridgehead atoms. The van der Waals surface area contributed by atoms with Gasteiger partial charge in [-0.05, 0) is 24.3 Å². The molecule has 2 amide bonds. The summed E-state index contributed by atoms with van der Waals surface area (Å²) >= 11 is 1.81. The van der Waals surface area contributed by atoms with Gasteiger partial charge in [0.15, 0.2) is 0 Å². The molecule has 1 fully saturated rings. The number of carbonyl (C=O) groups excluding carboxylic acids is 2. The molecule has 3 rings (SSSR count). The van der Waals surface area contributed by atoms with Crippen LogP contribution in [0.4, 0.5) is 0 Å². The lowest BCUT2D eigenvalue weighted by Gasteiger charge is -2.20. The third-order valence-electron chi connectivity index (χ3n) is 3.10. The van der Waals surface area contributed by atoms with Crippen LogP contribution >= 0.6 is 11.8 Å². The topological polar surface area (TPSA) is 37.4 Å². The Labute approximate surface area is 97.8 Å². The van der Waals surface area contributed by atoms with Crippen molar-refractivity contribution in [1.29, 1.82) is 0 Å². The first-order valence-electron chi connectivity index (χ1n) is 5.33. The van der Waals surface area contributed by atoms with Gasteiger partial charge < -0.3 is 0 Å². The van der Waals surface area contributed by atoms with E-state index in [4.69, 9.17) is 0 Å². The zero-order chi connectivity index (χ0) is 11.1. The highest BCUT2D eigenvalue weighted by atomic mass is 32.2. The maximum absolute atomic E-state index is 12.1. The van der Waals surface area contributed by atoms with E-state index >= 15 is 0 Å². The largest absolute Gasteiger partial charge is 0.270 e. The Morgan fingerprint density at radius 2 is 1.75 bits per heavy atom. The van der Waals surface area contributed by atoms with Gasteiger partial charge in [-0.1, -0.05) is 12.1 Å². The zero-order valence-electron chi connectivity index (χ0n) is 8.68. The van der Waals surface area contributed by atoms with E-state index in [1.165, 1.54) is 4.90 Å². The van der Waals surface area contributed by atoms with Crippen LogP contribution in [0.25, 0.3) is 0 Å². The first kappa shape index (κ1) is 9.90. The maximum Gasteiger partial charge on any atom is 0.261 e. The van der Waals surface area contributed by atoms with Gasteiger partial charge in [-0.3, -0.25) is 14.5 Å². The van der Waals surface area contributed by atoms with Crippen LogP contribution in [-0.2, 0) is 0 Å². The Morgan fingerprint density at radius 3 is 2.25 bits per heavy atom. The molecule has 0 spiro atoms. The van der Waals surface area contributed by atoms with Crippen molar-refractivity contribution >= 4 is 23.6 Å². The number of fused-ring (bicyclic) bond motifs is 1. The van der Waals surface area contributed by atoms with Gasteiger partial charge in [-0.2, -0.15) is 11.8 Å². The lowest BCUT2D eigenvalue weighted by atomic mass is 10.1. The third kappa shape index (κ3) is 1.29. The van der Waals surface area contributed by atoms with Crippen molar-refractivity contribution in [1.82, 2.24) is 4.90 Å². The lowest BCUT2D eigenvalue weighted by Crippen LogP contribution is -2.39. The average Bonchev–Trinajstić information content (AvgIpc) is 2.89. The minimum Gasteiger partial charge on any atom is -0.270 e. The highest BCUT2D eigenvalue weighted by molar-refractivity contribution is 7.99. The smallest absolute Gasteiger partial charge is 0.261 e. The normalized spacial score (nSPS) is 24.0. The Kier molecular flexibility index (Phi) is 2.24. The maximum atomic E-state index is 12.1. The summed E-state index contributed by atoms with van der Waals surface area (Å²) in [5, 5.41) is 0. The summed E-state index contributed by atoms with van der Waals surface area (Å²) in [4.78, 5) is 25.6. The van der Waals surface area contributed by atoms with Crippen LogP contribution < -0.4 is 0 Å². The van der Waals surface area contributed by atoms with E-state index in [9.17, 15) is 9.59 Å². The fraction of sp³-hybridized carbons (Fsp3) is 0.333. The Hall–Kier alpha value is -1.29. The molecular formula is C12H11NO2S. The number of hydrogen-bond acceptors (Lipinski definition) is 3. The van der Waals surface area contributed by atoms with Crippen LogP contribution in [0, 0.1) is 0 Å². The molecule has 1 aromatic rings. The number of rotatable bonds is 1. The molecule has 0 aliphatic carbocycles. The van der Waals surface area contributed by atoms with Crippen molar-refractivity contribution < 1.29 is 9.59 Å². The molecule has 1 atom stereocenters. The van der Waals surface area contributed by atoms with Crippen LogP contribution in [0.3, 0.4) is 0 Å². The average molecular weight is 233 g/mol. The molecule has 16 heavy (non-hydrogen) atoms. The van der Waals surface area contributed by atoms with Crippen molar-refractivity contribution in [3.8, 4) is 0 Å². The highest BCUT2D eigenvalue weighted by Crippen LogP contribution is 2.30. The SMILES string of the molecule is O=C1c2ccccc2C(=O)N1C1CCSC1. The predicted molar refractivity (Wildman–Crippen MR) is 62.7 cm³/mol. The van der Waals surface area contributed by atoms with Crippen molar-refractivity contribution in [2.75, 3.05) is 11.5 Å². The van der Waals surface area contributed by atoms with E-state index < -0.39 is 0 Å². The van der Waals surface area contributed by atoms with Crippen LogP contribution in [0.5, 0.6) is 0 Å². The molecule has 1 aromatic carbocycles. The van der Waals surface area contributed by atoms with Gasteiger partial charge in [0.05, 0.1) is 17.2 Å². The molecule has 2 heterocycles. The number of benzene rings is 1. The predicted octanol–water partition coefficient (Wildman–Crippen LogP) is 1.79. The molecule has 4 heteroatoms. The molecule has 3 nitrogen and oxygen atoms in total.